The van der Waals surface area contributed by atoms with Crippen LogP contribution in [0.5, 0.6) is 0 Å². The first-order valence-corrected chi connectivity index (χ1v) is 12.9. The predicted octanol–water partition coefficient (Wildman–Crippen LogP) is 5.63. The number of hydrogen-bond acceptors (Lipinski definition) is 7. The van der Waals surface area contributed by atoms with E-state index < -0.39 is 5.82 Å². The van der Waals surface area contributed by atoms with Crippen LogP contribution >= 0.6 is 0 Å². The summed E-state index contributed by atoms with van der Waals surface area (Å²) in [5.74, 6) is 0.249. The van der Waals surface area contributed by atoms with Gasteiger partial charge in [0.2, 0.25) is 5.89 Å². The molecular formula is C29H28F2N6O2. The molecule has 0 amide bonds. The second-order valence-corrected chi connectivity index (χ2v) is 10.0. The first-order valence-electron chi connectivity index (χ1n) is 12.9. The van der Waals surface area contributed by atoms with Gasteiger partial charge in [0.15, 0.2) is 17.2 Å². The molecule has 5 aromatic rings. The van der Waals surface area contributed by atoms with Crippen molar-refractivity contribution in [1.82, 2.24) is 30.0 Å². The number of aryl methyl sites for hydroxylation is 1. The minimum absolute atomic E-state index is 0.0477. The molecule has 2 aromatic carbocycles. The minimum atomic E-state index is -0.482. The van der Waals surface area contributed by atoms with E-state index in [0.29, 0.717) is 41.6 Å². The fourth-order valence-corrected chi connectivity index (χ4v) is 4.65. The minimum Gasteiger partial charge on any atom is -0.432 e. The number of nitrogens with one attached hydrogen (secondary N) is 1. The number of halogens is 2. The van der Waals surface area contributed by atoms with Crippen LogP contribution in [0, 0.1) is 11.6 Å². The van der Waals surface area contributed by atoms with Gasteiger partial charge in [-0.25, -0.2) is 18.7 Å². The Morgan fingerprint density at radius 3 is 2.69 bits per heavy atom. The largest absolute Gasteiger partial charge is 0.432 e. The number of fused-ring (bicyclic) bond motifs is 1. The van der Waals surface area contributed by atoms with Crippen LogP contribution in [0.25, 0.3) is 45.2 Å². The van der Waals surface area contributed by atoms with Crippen molar-refractivity contribution in [2.45, 2.75) is 38.3 Å². The topological polar surface area (TPSA) is 90.9 Å². The molecule has 0 saturated heterocycles. The molecule has 1 aliphatic rings. The second-order valence-electron chi connectivity index (χ2n) is 10.0. The Kier molecular flexibility index (Phi) is 6.66. The molecule has 1 saturated carbocycles. The molecule has 1 N–H and O–H groups in total. The Labute approximate surface area is 224 Å². The highest BCUT2D eigenvalue weighted by Crippen LogP contribution is 2.42. The van der Waals surface area contributed by atoms with Crippen molar-refractivity contribution in [3.63, 3.8) is 0 Å². The van der Waals surface area contributed by atoms with Gasteiger partial charge >= 0.3 is 0 Å². The molecule has 0 radical (unpaired) electrons. The van der Waals surface area contributed by atoms with E-state index >= 15 is 4.39 Å². The maximum absolute atomic E-state index is 15.0. The highest BCUT2D eigenvalue weighted by atomic mass is 19.1. The van der Waals surface area contributed by atoms with Crippen molar-refractivity contribution >= 4 is 11.1 Å². The van der Waals surface area contributed by atoms with Crippen LogP contribution in [-0.2, 0) is 18.3 Å². The van der Waals surface area contributed by atoms with Gasteiger partial charge in [0.25, 0.3) is 0 Å². The van der Waals surface area contributed by atoms with Gasteiger partial charge in [0.05, 0.1) is 6.10 Å². The van der Waals surface area contributed by atoms with Gasteiger partial charge < -0.3 is 19.0 Å². The number of pyridine rings is 1. The molecule has 1 atom stereocenters. The first-order chi connectivity index (χ1) is 18.9. The van der Waals surface area contributed by atoms with E-state index in [1.165, 1.54) is 18.2 Å². The maximum atomic E-state index is 15.0. The zero-order valence-corrected chi connectivity index (χ0v) is 21.9. The smallest absolute Gasteiger partial charge is 0.246 e. The SMILES string of the molecule is CO[C@@H](C)CNCc1cc(F)c2oc(-c3cc(-c4ccc(F)cc4-c4nncn4C)cc(C4CC4)n3)nc2c1. The Morgan fingerprint density at radius 2 is 1.95 bits per heavy atom. The molecular weight excluding hydrogens is 502 g/mol. The summed E-state index contributed by atoms with van der Waals surface area (Å²) in [4.78, 5) is 9.44. The summed E-state index contributed by atoms with van der Waals surface area (Å²) in [7, 11) is 3.46. The van der Waals surface area contributed by atoms with Crippen LogP contribution in [-0.4, -0.2) is 44.5 Å². The summed E-state index contributed by atoms with van der Waals surface area (Å²) in [6.07, 6.45) is 3.70. The van der Waals surface area contributed by atoms with E-state index in [2.05, 4.69) is 20.5 Å². The number of oxazole rings is 1. The number of aromatic nitrogens is 5. The van der Waals surface area contributed by atoms with Gasteiger partial charge in [-0.15, -0.1) is 10.2 Å². The predicted molar refractivity (Wildman–Crippen MR) is 143 cm³/mol. The third kappa shape index (κ3) is 5.17. The van der Waals surface area contributed by atoms with E-state index in [9.17, 15) is 4.39 Å². The number of methoxy groups -OCH3 is 1. The summed E-state index contributed by atoms with van der Waals surface area (Å²) < 4.78 is 42.3. The van der Waals surface area contributed by atoms with Crippen LogP contribution in [0.4, 0.5) is 8.78 Å². The summed E-state index contributed by atoms with van der Waals surface area (Å²) in [5.41, 5.74) is 4.85. The third-order valence-corrected chi connectivity index (χ3v) is 6.97. The van der Waals surface area contributed by atoms with Gasteiger partial charge in [-0.1, -0.05) is 6.07 Å². The summed E-state index contributed by atoms with van der Waals surface area (Å²) in [5, 5.41) is 11.4. The standard InChI is InChI=1S/C29H28F2N6O2/c1-16(38-3)13-32-14-17-8-23(31)27-25(9-17)35-29(39-27)26-11-19(10-24(34-26)18-4-5-18)21-7-6-20(30)12-22(21)28-36-33-15-37(28)2/h6-12,15-16,18,32H,4-5,13-14H2,1-3H3/t16-/m0/s1. The monoisotopic (exact) mass is 530 g/mol. The first kappa shape index (κ1) is 25.3. The van der Waals surface area contributed by atoms with Crippen LogP contribution in [0.3, 0.4) is 0 Å². The van der Waals surface area contributed by atoms with Crippen LogP contribution < -0.4 is 5.32 Å². The lowest BCUT2D eigenvalue weighted by Gasteiger charge is -2.12. The maximum Gasteiger partial charge on any atom is 0.246 e. The average Bonchev–Trinajstić information content (AvgIpc) is 3.55. The van der Waals surface area contributed by atoms with Gasteiger partial charge in [-0.2, -0.15) is 0 Å². The lowest BCUT2D eigenvalue weighted by atomic mass is 9.97. The van der Waals surface area contributed by atoms with Gasteiger partial charge in [0, 0.05) is 44.4 Å². The molecule has 1 fully saturated rings. The quantitative estimate of drug-likeness (QED) is 0.264. The number of ether oxygens (including phenoxy) is 1. The molecule has 3 heterocycles. The molecule has 200 valence electrons. The van der Waals surface area contributed by atoms with Gasteiger partial charge in [-0.05, 0) is 72.9 Å². The Bertz CT molecular complexity index is 1660. The molecule has 3 aromatic heterocycles. The summed E-state index contributed by atoms with van der Waals surface area (Å²) in [6, 6.07) is 11.7. The van der Waals surface area contributed by atoms with E-state index in [4.69, 9.17) is 14.1 Å². The third-order valence-electron chi connectivity index (χ3n) is 6.97. The molecule has 0 spiro atoms. The van der Waals surface area contributed by atoms with Crippen molar-refractivity contribution < 1.29 is 17.9 Å². The molecule has 10 heteroatoms. The van der Waals surface area contributed by atoms with Crippen molar-refractivity contribution in [3.8, 4) is 34.1 Å². The molecule has 0 unspecified atom stereocenters. The Morgan fingerprint density at radius 1 is 1.10 bits per heavy atom. The second kappa shape index (κ2) is 10.3. The van der Waals surface area contributed by atoms with E-state index in [0.717, 1.165) is 35.2 Å². The van der Waals surface area contributed by atoms with Crippen LogP contribution in [0.2, 0.25) is 0 Å². The zero-order valence-electron chi connectivity index (χ0n) is 21.9. The number of hydrogen-bond donors (Lipinski definition) is 1. The van der Waals surface area contributed by atoms with Crippen molar-refractivity contribution in [2.24, 2.45) is 7.05 Å². The molecule has 8 nitrogen and oxygen atoms in total. The van der Waals surface area contributed by atoms with E-state index in [1.807, 2.05) is 32.2 Å². The molecule has 6 rings (SSSR count). The molecule has 1 aliphatic carbocycles. The molecule has 39 heavy (non-hydrogen) atoms. The lowest BCUT2D eigenvalue weighted by molar-refractivity contribution is 0.117. The average molecular weight is 531 g/mol. The summed E-state index contributed by atoms with van der Waals surface area (Å²) >= 11 is 0. The summed E-state index contributed by atoms with van der Waals surface area (Å²) in [6.45, 7) is 3.07. The fraction of sp³-hybridized carbons (Fsp3) is 0.310. The van der Waals surface area contributed by atoms with Crippen molar-refractivity contribution in [3.05, 3.63) is 71.7 Å². The van der Waals surface area contributed by atoms with E-state index in [1.54, 1.807) is 24.1 Å². The fourth-order valence-electron chi connectivity index (χ4n) is 4.65. The number of benzene rings is 2. The van der Waals surface area contributed by atoms with Gasteiger partial charge in [0.1, 0.15) is 23.4 Å². The van der Waals surface area contributed by atoms with Crippen LogP contribution in [0.15, 0.2) is 53.2 Å². The highest BCUT2D eigenvalue weighted by Gasteiger charge is 2.27. The van der Waals surface area contributed by atoms with Crippen LogP contribution in [0.1, 0.15) is 36.9 Å². The number of nitrogens with zero attached hydrogens (tertiary/aromatic N) is 5. The zero-order chi connectivity index (χ0) is 27.1. The Balaban J connectivity index is 1.41. The molecule has 0 aliphatic heterocycles. The number of rotatable bonds is 9. The van der Waals surface area contributed by atoms with Crippen molar-refractivity contribution in [1.29, 1.82) is 0 Å². The highest BCUT2D eigenvalue weighted by molar-refractivity contribution is 5.83. The Hall–Kier alpha value is -4.02. The van der Waals surface area contributed by atoms with Gasteiger partial charge in [-0.3, -0.25) is 0 Å². The normalized spacial score (nSPS) is 14.3. The lowest BCUT2D eigenvalue weighted by Crippen LogP contribution is -2.25. The van der Waals surface area contributed by atoms with E-state index in [-0.39, 0.29) is 23.4 Å². The van der Waals surface area contributed by atoms with Crippen molar-refractivity contribution in [2.75, 3.05) is 13.7 Å². The molecule has 0 bridgehead atoms.